The maximum Gasteiger partial charge on any atom is 0.350 e. The molecule has 0 bridgehead atoms. The number of rotatable bonds is 13. The molecule has 14 heteroatoms. The van der Waals surface area contributed by atoms with E-state index >= 15 is 0 Å². The van der Waals surface area contributed by atoms with Crippen molar-refractivity contribution in [2.24, 2.45) is 5.92 Å². The lowest BCUT2D eigenvalue weighted by Crippen LogP contribution is -2.46. The van der Waals surface area contributed by atoms with Gasteiger partial charge in [-0.3, -0.25) is 0 Å². The van der Waals surface area contributed by atoms with Gasteiger partial charge in [-0.2, -0.15) is 10.2 Å². The summed E-state index contributed by atoms with van der Waals surface area (Å²) in [5.41, 5.74) is 3.56. The molecule has 0 amide bonds. The summed E-state index contributed by atoms with van der Waals surface area (Å²) in [4.78, 5) is 21.9. The highest BCUT2D eigenvalue weighted by molar-refractivity contribution is 5.54. The van der Waals surface area contributed by atoms with E-state index in [1.165, 1.54) is 18.5 Å². The van der Waals surface area contributed by atoms with E-state index in [2.05, 4.69) is 51.0 Å². The second kappa shape index (κ2) is 18.8. The lowest BCUT2D eigenvalue weighted by molar-refractivity contribution is -0.0204. The number of anilines is 2. The second-order valence-corrected chi connectivity index (χ2v) is 15.2. The van der Waals surface area contributed by atoms with Gasteiger partial charge in [-0.25, -0.2) is 32.5 Å². The molecule has 12 nitrogen and oxygen atoms in total. The second-order valence-electron chi connectivity index (χ2n) is 15.2. The monoisotopic (exact) mass is 806 g/mol. The van der Waals surface area contributed by atoms with E-state index in [4.69, 9.17) is 9.47 Å². The topological polar surface area (TPSA) is 116 Å². The van der Waals surface area contributed by atoms with Crippen molar-refractivity contribution in [1.29, 1.82) is 0 Å². The third-order valence-corrected chi connectivity index (χ3v) is 11.4. The number of aromatic nitrogens is 6. The Labute approximate surface area is 343 Å². The van der Waals surface area contributed by atoms with E-state index in [9.17, 15) is 18.7 Å². The van der Waals surface area contributed by atoms with Gasteiger partial charge < -0.3 is 24.4 Å². The first-order valence-electron chi connectivity index (χ1n) is 20.3. The molecule has 4 heterocycles. The van der Waals surface area contributed by atoms with Crippen LogP contribution in [-0.2, 0) is 28.2 Å². The van der Waals surface area contributed by atoms with Gasteiger partial charge in [0.25, 0.3) is 0 Å². The first-order chi connectivity index (χ1) is 28.7. The SMILES string of the molecule is CC[C@@H]([C@H](C)OCc1ccccc1)n1ncn(-c2ccc(N3CCN(c4ccc(O)cc4)CC3)cc2)c1=O.CC[C@@H]1CO[C@@](Cn2cncn2)(c2ccc(F)cc2F)C1. The third-order valence-electron chi connectivity index (χ3n) is 11.4. The largest absolute Gasteiger partial charge is 0.508 e. The molecule has 2 aromatic heterocycles. The van der Waals surface area contributed by atoms with Gasteiger partial charge >= 0.3 is 5.69 Å². The number of hydrogen-bond acceptors (Lipinski definition) is 9. The fourth-order valence-electron chi connectivity index (χ4n) is 7.99. The summed E-state index contributed by atoms with van der Waals surface area (Å²) in [6.07, 6.45) is 6.83. The average molecular weight is 807 g/mol. The zero-order valence-corrected chi connectivity index (χ0v) is 33.8. The molecule has 59 heavy (non-hydrogen) atoms. The molecule has 0 aliphatic carbocycles. The van der Waals surface area contributed by atoms with Crippen LogP contribution in [0.3, 0.4) is 0 Å². The molecule has 0 saturated carbocycles. The van der Waals surface area contributed by atoms with E-state index in [1.54, 1.807) is 38.7 Å². The average Bonchev–Trinajstić information content (AvgIpc) is 4.03. The predicted molar refractivity (Wildman–Crippen MR) is 223 cm³/mol. The maximum atomic E-state index is 14.2. The minimum absolute atomic E-state index is 0.156. The number of ether oxygens (including phenoxy) is 2. The normalized spacial score (nSPS) is 19.0. The molecule has 0 spiro atoms. The molecule has 2 fully saturated rings. The van der Waals surface area contributed by atoms with Crippen molar-refractivity contribution in [1.82, 2.24) is 29.1 Å². The molecule has 4 aromatic carbocycles. The molecular weight excluding hydrogens is 755 g/mol. The Balaban J connectivity index is 0.000000212. The van der Waals surface area contributed by atoms with Crippen molar-refractivity contribution >= 4 is 11.4 Å². The number of hydrogen-bond donors (Lipinski definition) is 1. The van der Waals surface area contributed by atoms with Gasteiger partial charge in [-0.05, 0) is 85.8 Å². The van der Waals surface area contributed by atoms with Crippen molar-refractivity contribution in [3.8, 4) is 11.4 Å². The number of piperazine rings is 1. The molecule has 8 rings (SSSR count). The van der Waals surface area contributed by atoms with Crippen LogP contribution in [0.4, 0.5) is 20.2 Å². The highest BCUT2D eigenvalue weighted by atomic mass is 19.1. The summed E-state index contributed by atoms with van der Waals surface area (Å²) in [5.74, 6) is -0.518. The summed E-state index contributed by atoms with van der Waals surface area (Å²) >= 11 is 0. The zero-order chi connectivity index (χ0) is 41.4. The minimum Gasteiger partial charge on any atom is -0.508 e. The first-order valence-corrected chi connectivity index (χ1v) is 20.3. The van der Waals surface area contributed by atoms with E-state index < -0.39 is 17.2 Å². The molecule has 4 atom stereocenters. The van der Waals surface area contributed by atoms with Crippen LogP contribution in [0.5, 0.6) is 5.75 Å². The Morgan fingerprint density at radius 2 is 1.53 bits per heavy atom. The van der Waals surface area contributed by atoms with Crippen LogP contribution in [0.1, 0.15) is 57.2 Å². The Bertz CT molecular complexity index is 2280. The number of benzene rings is 4. The molecule has 310 valence electrons. The van der Waals surface area contributed by atoms with Crippen LogP contribution >= 0.6 is 0 Å². The predicted octanol–water partition coefficient (Wildman–Crippen LogP) is 7.52. The van der Waals surface area contributed by atoms with Crippen LogP contribution in [0, 0.1) is 17.6 Å². The van der Waals surface area contributed by atoms with E-state index in [-0.39, 0.29) is 23.6 Å². The lowest BCUT2D eigenvalue weighted by Gasteiger charge is -2.37. The molecule has 0 unspecified atom stereocenters. The van der Waals surface area contributed by atoms with Crippen molar-refractivity contribution in [2.45, 2.75) is 70.9 Å². The van der Waals surface area contributed by atoms with Crippen LogP contribution in [0.25, 0.3) is 5.69 Å². The van der Waals surface area contributed by atoms with Gasteiger partial charge in [-0.15, -0.1) is 0 Å². The van der Waals surface area contributed by atoms with Gasteiger partial charge in [0.05, 0.1) is 37.6 Å². The first kappa shape index (κ1) is 41.3. The van der Waals surface area contributed by atoms with Crippen molar-refractivity contribution in [2.75, 3.05) is 42.6 Å². The van der Waals surface area contributed by atoms with Crippen molar-refractivity contribution in [3.63, 3.8) is 0 Å². The van der Waals surface area contributed by atoms with Gasteiger partial charge in [0, 0.05) is 49.2 Å². The van der Waals surface area contributed by atoms with Crippen LogP contribution in [0.15, 0.2) is 121 Å². The summed E-state index contributed by atoms with van der Waals surface area (Å²) in [6.45, 7) is 11.2. The third kappa shape index (κ3) is 9.72. The fourth-order valence-corrected chi connectivity index (χ4v) is 7.99. The van der Waals surface area contributed by atoms with Crippen molar-refractivity contribution < 1.29 is 23.4 Å². The van der Waals surface area contributed by atoms with Gasteiger partial charge in [-0.1, -0.05) is 56.7 Å². The molecule has 2 aliphatic heterocycles. The Hall–Kier alpha value is -5.86. The Morgan fingerprint density at radius 1 is 0.864 bits per heavy atom. The Kier molecular flexibility index (Phi) is 13.2. The highest BCUT2D eigenvalue weighted by Crippen LogP contribution is 2.42. The molecule has 6 aromatic rings. The van der Waals surface area contributed by atoms with Crippen LogP contribution < -0.4 is 15.5 Å². The molecule has 2 saturated heterocycles. The summed E-state index contributed by atoms with van der Waals surface area (Å²) in [7, 11) is 0. The lowest BCUT2D eigenvalue weighted by atomic mass is 9.86. The smallest absolute Gasteiger partial charge is 0.350 e. The van der Waals surface area contributed by atoms with Gasteiger partial charge in [0.1, 0.15) is 42.0 Å². The van der Waals surface area contributed by atoms with Gasteiger partial charge in [0.15, 0.2) is 0 Å². The van der Waals surface area contributed by atoms with Crippen LogP contribution in [-0.4, -0.2) is 73.1 Å². The van der Waals surface area contributed by atoms with E-state index in [0.717, 1.165) is 67.7 Å². The number of phenols is 1. The summed E-state index contributed by atoms with van der Waals surface area (Å²) in [6, 6.07) is 29.0. The number of halogens is 2. The minimum atomic E-state index is -0.813. The summed E-state index contributed by atoms with van der Waals surface area (Å²) < 4.78 is 44.3. The standard InChI is InChI=1S/C30H35N5O3.C15H17F2N3O/c1-3-29(23(2)38-21-24-7-5-4-6-8-24)35-30(37)34(22-31-35)27-11-9-25(10-12-27)32-17-19-33(20-18-32)26-13-15-28(36)16-14-26;1-2-11-6-15(21-7-11,8-20-10-18-9-19-20)13-4-3-12(16)5-14(13)17/h4-16,22-23,29,36H,3,17-21H2,1-2H3;3-5,9-11H,2,6-8H2,1H3/t23-,29-;11-,15-/m00/s1. The number of nitrogens with zero attached hydrogens (tertiary/aromatic N) is 8. The zero-order valence-electron chi connectivity index (χ0n) is 33.8. The van der Waals surface area contributed by atoms with E-state index in [1.807, 2.05) is 61.5 Å². The fraction of sp³-hybridized carbons (Fsp3) is 0.378. The molecule has 2 aliphatic rings. The Morgan fingerprint density at radius 3 is 2.12 bits per heavy atom. The molecule has 0 radical (unpaired) electrons. The molecule has 1 N–H and O–H groups in total. The highest BCUT2D eigenvalue weighted by Gasteiger charge is 2.43. The van der Waals surface area contributed by atoms with E-state index in [0.29, 0.717) is 37.7 Å². The van der Waals surface area contributed by atoms with Crippen LogP contribution in [0.2, 0.25) is 0 Å². The quantitative estimate of drug-likeness (QED) is 0.127. The number of phenolic OH excluding ortho intramolecular Hbond substituents is 1. The number of aromatic hydroxyl groups is 1. The van der Waals surface area contributed by atoms with Gasteiger partial charge in [0.2, 0.25) is 0 Å². The molecular formula is C45H52F2N8O4. The maximum absolute atomic E-state index is 14.2. The summed E-state index contributed by atoms with van der Waals surface area (Å²) in [5, 5.41) is 18.1. The van der Waals surface area contributed by atoms with Crippen molar-refractivity contribution in [3.05, 3.63) is 149 Å².